The van der Waals surface area contributed by atoms with Crippen molar-refractivity contribution in [2.75, 3.05) is 0 Å². The van der Waals surface area contributed by atoms with Crippen molar-refractivity contribution in [2.24, 2.45) is 7.05 Å². The van der Waals surface area contributed by atoms with E-state index in [2.05, 4.69) is 5.10 Å². The van der Waals surface area contributed by atoms with Gasteiger partial charge in [0.2, 0.25) is 0 Å². The normalized spacial score (nSPS) is 12.7. The summed E-state index contributed by atoms with van der Waals surface area (Å²) in [5.74, 6) is -0.460. The number of aliphatic hydroxyl groups is 1. The summed E-state index contributed by atoms with van der Waals surface area (Å²) in [6.45, 7) is 0. The highest BCUT2D eigenvalue weighted by molar-refractivity contribution is 6.30. The van der Waals surface area contributed by atoms with Gasteiger partial charge in [-0.05, 0) is 24.3 Å². The third-order valence-corrected chi connectivity index (χ3v) is 2.72. The molecule has 5 heteroatoms. The molecule has 1 unspecified atom stereocenters. The van der Waals surface area contributed by atoms with Crippen LogP contribution in [0.25, 0.3) is 0 Å². The van der Waals surface area contributed by atoms with Gasteiger partial charge in [0.05, 0.1) is 11.8 Å². The highest BCUT2D eigenvalue weighted by Gasteiger charge is 2.15. The topological polar surface area (TPSA) is 38.0 Å². The Balaban J connectivity index is 2.19. The van der Waals surface area contributed by atoms with E-state index in [4.69, 9.17) is 11.6 Å². The summed E-state index contributed by atoms with van der Waals surface area (Å²) in [5.41, 5.74) is 0.905. The number of nitrogens with zero attached hydrogens (tertiary/aromatic N) is 2. The summed E-state index contributed by atoms with van der Waals surface area (Å²) in [7, 11) is 1.79. The zero-order valence-corrected chi connectivity index (χ0v) is 10.0. The van der Waals surface area contributed by atoms with E-state index in [1.807, 2.05) is 0 Å². The molecule has 0 fully saturated rings. The van der Waals surface area contributed by atoms with Gasteiger partial charge in [-0.15, -0.1) is 0 Å². The summed E-state index contributed by atoms with van der Waals surface area (Å²) in [6.07, 6.45) is 1.10. The molecule has 1 aromatic heterocycles. The van der Waals surface area contributed by atoms with Gasteiger partial charge >= 0.3 is 0 Å². The molecule has 2 aromatic rings. The van der Waals surface area contributed by atoms with E-state index in [1.165, 1.54) is 18.2 Å². The zero-order valence-electron chi connectivity index (χ0n) is 9.27. The number of halogens is 2. The fourth-order valence-electron chi connectivity index (χ4n) is 1.65. The highest BCUT2D eigenvalue weighted by atomic mass is 35.5. The second-order valence-electron chi connectivity index (χ2n) is 3.87. The lowest BCUT2D eigenvalue weighted by atomic mass is 10.0. The molecule has 1 atom stereocenters. The molecule has 0 amide bonds. The number of hydrogen-bond acceptors (Lipinski definition) is 2. The quantitative estimate of drug-likeness (QED) is 0.914. The van der Waals surface area contributed by atoms with E-state index >= 15 is 0 Å². The van der Waals surface area contributed by atoms with Crippen LogP contribution in [0.4, 0.5) is 4.39 Å². The molecule has 0 radical (unpaired) electrons. The molecule has 17 heavy (non-hydrogen) atoms. The average Bonchev–Trinajstić information content (AvgIpc) is 2.67. The summed E-state index contributed by atoms with van der Waals surface area (Å²) in [5, 5.41) is 14.5. The molecule has 3 nitrogen and oxygen atoms in total. The maximum Gasteiger partial charge on any atom is 0.129 e. The first-order valence-corrected chi connectivity index (χ1v) is 5.55. The van der Waals surface area contributed by atoms with Gasteiger partial charge in [0.15, 0.2) is 0 Å². The molecular weight excluding hydrogens is 243 g/mol. The van der Waals surface area contributed by atoms with Crippen LogP contribution in [0.3, 0.4) is 0 Å². The first kappa shape index (κ1) is 12.1. The molecule has 0 spiro atoms. The van der Waals surface area contributed by atoms with Crippen molar-refractivity contribution in [3.05, 3.63) is 52.6 Å². The fourth-order valence-corrected chi connectivity index (χ4v) is 1.83. The van der Waals surface area contributed by atoms with Crippen LogP contribution >= 0.6 is 11.6 Å². The minimum absolute atomic E-state index is 0.197. The number of aryl methyl sites for hydroxylation is 1. The second kappa shape index (κ2) is 4.85. The lowest BCUT2D eigenvalue weighted by Gasteiger charge is -2.10. The Morgan fingerprint density at radius 3 is 2.88 bits per heavy atom. The average molecular weight is 255 g/mol. The van der Waals surface area contributed by atoms with Gasteiger partial charge in [-0.25, -0.2) is 4.39 Å². The third kappa shape index (κ3) is 2.84. The van der Waals surface area contributed by atoms with Crippen molar-refractivity contribution in [1.82, 2.24) is 9.78 Å². The first-order chi connectivity index (χ1) is 8.06. The molecule has 1 heterocycles. The summed E-state index contributed by atoms with van der Waals surface area (Å²) in [4.78, 5) is 0. The van der Waals surface area contributed by atoms with Gasteiger partial charge in [-0.3, -0.25) is 4.68 Å². The summed E-state index contributed by atoms with van der Waals surface area (Å²) >= 11 is 5.77. The second-order valence-corrected chi connectivity index (χ2v) is 4.30. The van der Waals surface area contributed by atoms with E-state index in [0.29, 0.717) is 10.7 Å². The van der Waals surface area contributed by atoms with Crippen molar-refractivity contribution < 1.29 is 9.50 Å². The molecule has 0 aliphatic heterocycles. The predicted octanol–water partition coefficient (Wildman–Crippen LogP) is 2.49. The standard InChI is InChI=1S/C12H12ClFN2O/c1-16-5-4-9(15-16)7-12(17)10-6-8(13)2-3-11(10)14/h2-6,12,17H,7H2,1H3. The van der Waals surface area contributed by atoms with Crippen LogP contribution in [0.15, 0.2) is 30.5 Å². The van der Waals surface area contributed by atoms with E-state index in [0.717, 1.165) is 0 Å². The molecule has 2 rings (SSSR count). The monoisotopic (exact) mass is 254 g/mol. The van der Waals surface area contributed by atoms with E-state index < -0.39 is 11.9 Å². The number of aromatic nitrogens is 2. The SMILES string of the molecule is Cn1ccc(CC(O)c2cc(Cl)ccc2F)n1. The maximum absolute atomic E-state index is 13.5. The van der Waals surface area contributed by atoms with Crippen molar-refractivity contribution in [3.8, 4) is 0 Å². The van der Waals surface area contributed by atoms with Crippen LogP contribution in [0.1, 0.15) is 17.4 Å². The van der Waals surface area contributed by atoms with Crippen LogP contribution in [-0.2, 0) is 13.5 Å². The van der Waals surface area contributed by atoms with Crippen molar-refractivity contribution in [1.29, 1.82) is 0 Å². The number of hydrogen-bond donors (Lipinski definition) is 1. The highest BCUT2D eigenvalue weighted by Crippen LogP contribution is 2.23. The van der Waals surface area contributed by atoms with Gasteiger partial charge in [-0.2, -0.15) is 5.10 Å². The molecule has 0 aliphatic rings. The first-order valence-electron chi connectivity index (χ1n) is 5.18. The minimum atomic E-state index is -0.941. The maximum atomic E-state index is 13.5. The molecule has 1 aromatic carbocycles. The molecule has 0 saturated carbocycles. The fraction of sp³-hybridized carbons (Fsp3) is 0.250. The van der Waals surface area contributed by atoms with Gasteiger partial charge in [0.25, 0.3) is 0 Å². The number of rotatable bonds is 3. The predicted molar refractivity (Wildman–Crippen MR) is 63.3 cm³/mol. The Hall–Kier alpha value is -1.39. The van der Waals surface area contributed by atoms with Crippen LogP contribution in [-0.4, -0.2) is 14.9 Å². The molecule has 90 valence electrons. The largest absolute Gasteiger partial charge is 0.388 e. The third-order valence-electron chi connectivity index (χ3n) is 2.49. The Kier molecular flexibility index (Phi) is 3.45. The van der Waals surface area contributed by atoms with E-state index in [-0.39, 0.29) is 12.0 Å². The van der Waals surface area contributed by atoms with Crippen LogP contribution < -0.4 is 0 Å². The minimum Gasteiger partial charge on any atom is -0.388 e. The van der Waals surface area contributed by atoms with Crippen LogP contribution in [0.5, 0.6) is 0 Å². The Bertz CT molecular complexity index is 527. The summed E-state index contributed by atoms with van der Waals surface area (Å²) < 4.78 is 15.1. The Labute approximate surface area is 103 Å². The van der Waals surface area contributed by atoms with E-state index in [1.54, 1.807) is 24.0 Å². The molecule has 0 aliphatic carbocycles. The molecule has 0 saturated heterocycles. The van der Waals surface area contributed by atoms with Crippen molar-refractivity contribution >= 4 is 11.6 Å². The summed E-state index contributed by atoms with van der Waals surface area (Å²) in [6, 6.07) is 5.92. The number of benzene rings is 1. The lowest BCUT2D eigenvalue weighted by molar-refractivity contribution is 0.172. The lowest BCUT2D eigenvalue weighted by Crippen LogP contribution is -2.05. The zero-order chi connectivity index (χ0) is 12.4. The number of aliphatic hydroxyl groups excluding tert-OH is 1. The Morgan fingerprint density at radius 2 is 2.24 bits per heavy atom. The van der Waals surface area contributed by atoms with Crippen molar-refractivity contribution in [3.63, 3.8) is 0 Å². The van der Waals surface area contributed by atoms with Crippen LogP contribution in [0, 0.1) is 5.82 Å². The van der Waals surface area contributed by atoms with Gasteiger partial charge in [0.1, 0.15) is 5.82 Å². The molecular formula is C12H12ClFN2O. The van der Waals surface area contributed by atoms with Crippen LogP contribution in [0.2, 0.25) is 5.02 Å². The van der Waals surface area contributed by atoms with Gasteiger partial charge < -0.3 is 5.11 Å². The smallest absolute Gasteiger partial charge is 0.129 e. The molecule has 1 N–H and O–H groups in total. The van der Waals surface area contributed by atoms with Gasteiger partial charge in [-0.1, -0.05) is 11.6 Å². The van der Waals surface area contributed by atoms with Crippen molar-refractivity contribution in [2.45, 2.75) is 12.5 Å². The van der Waals surface area contributed by atoms with Gasteiger partial charge in [0, 0.05) is 30.3 Å². The molecule has 0 bridgehead atoms. The van der Waals surface area contributed by atoms with E-state index in [9.17, 15) is 9.50 Å². The Morgan fingerprint density at radius 1 is 1.47 bits per heavy atom.